The first-order chi connectivity index (χ1) is 68.8. The van der Waals surface area contributed by atoms with E-state index in [-0.39, 0.29) is 11.1 Å². The van der Waals surface area contributed by atoms with Gasteiger partial charge in [0, 0.05) is 102 Å². The number of aromatic nitrogens is 3. The molecule has 2 heterocycles. The molecule has 10 aromatic carbocycles. The molecule has 0 aliphatic carbocycles. The van der Waals surface area contributed by atoms with Crippen molar-refractivity contribution in [2.24, 2.45) is 5.73 Å². The Kier molecular flexibility index (Phi) is 64.7. The molecule has 5 atom stereocenters. The van der Waals surface area contributed by atoms with Gasteiger partial charge < -0.3 is 101 Å². The molecule has 144 heavy (non-hydrogen) atoms. The molecular weight excluding hydrogens is 1900 g/mol. The van der Waals surface area contributed by atoms with Crippen LogP contribution in [0.15, 0.2) is 293 Å². The number of pyridine rings is 1. The van der Waals surface area contributed by atoms with Crippen LogP contribution in [0.25, 0.3) is 18.2 Å². The van der Waals surface area contributed by atoms with E-state index in [9.17, 15) is 73.2 Å². The molecule has 0 bridgehead atoms. The Morgan fingerprint density at radius 2 is 0.646 bits per heavy atom. The number of aliphatic hydroxyl groups is 7. The number of hydrogen-bond acceptors (Lipinski definition) is 32. The Morgan fingerprint density at radius 1 is 0.340 bits per heavy atom. The predicted molar refractivity (Wildman–Crippen MR) is 547 cm³/mol. The summed E-state index contributed by atoms with van der Waals surface area (Å²) in [4.78, 5) is 128. The number of rotatable bonds is 30. The largest absolute Gasteiger partial charge is 0.478 e. The van der Waals surface area contributed by atoms with E-state index in [0.717, 1.165) is 47.2 Å². The number of hydrogen-bond donors (Lipinski definition) is 12. The molecule has 2 aromatic heterocycles. The highest BCUT2D eigenvalue weighted by Crippen LogP contribution is 2.23. The number of esters is 4. The maximum atomic E-state index is 11.3. The predicted octanol–water partition coefficient (Wildman–Crippen LogP) is 17.4. The van der Waals surface area contributed by atoms with Crippen LogP contribution in [0.4, 0.5) is 11.4 Å². The van der Waals surface area contributed by atoms with E-state index >= 15 is 0 Å². The number of nitrogens with two attached hydrogens (primary N) is 3. The Labute approximate surface area is 844 Å². The number of carboxylic acids is 2. The van der Waals surface area contributed by atoms with Crippen LogP contribution in [0.1, 0.15) is 255 Å². The third-order valence-electron chi connectivity index (χ3n) is 18.3. The number of carboxylic acid groups (broad SMARTS) is 2. The molecule has 15 N–H and O–H groups in total. The van der Waals surface area contributed by atoms with E-state index in [0.29, 0.717) is 123 Å². The van der Waals surface area contributed by atoms with Gasteiger partial charge in [0.25, 0.3) is 10.5 Å². The third kappa shape index (κ3) is 51.6. The van der Waals surface area contributed by atoms with Crippen LogP contribution in [-0.2, 0) is 50.9 Å². The van der Waals surface area contributed by atoms with Crippen LogP contribution >= 0.6 is 23.2 Å². The Balaban J connectivity index is 0.000000789. The second kappa shape index (κ2) is 73.6. The number of aldehydes is 3. The number of ether oxygens (including phenoxy) is 8. The quantitative estimate of drug-likeness (QED) is 0.00497. The zero-order valence-electron chi connectivity index (χ0n) is 80.9. The normalized spacial score (nSPS) is 10.8. The fourth-order valence-corrected chi connectivity index (χ4v) is 10.5. The van der Waals surface area contributed by atoms with Gasteiger partial charge in [0.05, 0.1) is 90.7 Å². The summed E-state index contributed by atoms with van der Waals surface area (Å²) in [5, 5.41) is 80.1. The summed E-state index contributed by atoms with van der Waals surface area (Å²) in [6, 6.07) is 69.3. The van der Waals surface area contributed by atoms with Gasteiger partial charge in [0.1, 0.15) is 12.0 Å². The van der Waals surface area contributed by atoms with Gasteiger partial charge in [-0.15, -0.1) is 0 Å². The molecular formula is C108H120Cl2N6O28. The second-order valence-electron chi connectivity index (χ2n) is 28.3. The first kappa shape index (κ1) is 127. The SMILES string of the molecule is C=Cc1ccc(C=O)cc1.C=Cc1ccc(C=O)cn1.C=Cc1cnc(C=O)cn1.CC(O)c1ccc(C(O)O)cc1.CCOC(=O)c1ccc(C(=O)OCC)cc1.CCOC(O)c1ccc(C(O)OCC)cc1.CCc1ccc(CN)cc1.COC(=O)c1ccc(C(=O)OC)cc1.COC(O)c1ccc(C(O)OC)cc1.Nc1ccc(N)cc1.O=C(Cl)c1ccc(C(=O)Cl)cc1.O=C(O)c1ccc(C(=O)O)cc1. The standard InChI is InChI=1S/C12H18O4.C12H14O4.C10H14O4.C10H10O4.C9H13N.C9H12O3.C9H8O.C8H4Cl2O2.C8H7NO.C8H6O4.C7H6N2O.C6H8N2/c2*1-3-15-11(13)9-5-7-10(8-6-9)12(14)16-4-2;2*1-13-9(11)7-3-5-8(6-4-7)10(12)14-2;1-2-8-3-5-9(7-10)6-4-8;1-6(10)7-2-4-8(5-3-7)9(11)12;1-2-8-3-5-9(7-10)6-4-8;9-7(11)5-1-2-6(4-3-5)8(10)12;1-2-8-4-3-7(6-10)5-9-8;9-7(10)5-1-2-6(4-3-5)8(11)12;1-2-6-3-9-7(5-10)4-8-6;7-5-1-2-6(8)4-3-5/h5-8,11-14H,3-4H2,1-2H3;5-8H,3-4H2,1-2H3;3-6,9-12H,1-2H3;3-6H,1-2H3;3-6H,2,7,10H2,1H3;2-6,9-12H,1H3;2-7H,1H2;1-4H;2-6H,1H2;1-4H,(H,9,10)(H,11,12);2-5H,1H2;1-4H,7-8H2. The van der Waals surface area contributed by atoms with Crippen molar-refractivity contribution < 1.29 is 137 Å². The van der Waals surface area contributed by atoms with Crippen LogP contribution in [0.5, 0.6) is 0 Å². The number of aliphatic hydroxyl groups excluding tert-OH is 6. The van der Waals surface area contributed by atoms with Crippen LogP contribution in [-0.4, -0.2) is 181 Å². The molecule has 0 aliphatic heterocycles. The van der Waals surface area contributed by atoms with Crippen molar-refractivity contribution >= 4 is 118 Å². The van der Waals surface area contributed by atoms with Gasteiger partial charge in [-0.05, 0) is 232 Å². The van der Waals surface area contributed by atoms with Gasteiger partial charge in [0.2, 0.25) is 0 Å². The first-order valence-electron chi connectivity index (χ1n) is 43.4. The monoisotopic (exact) mass is 2020 g/mol. The number of aryl methyl sites for hydroxylation is 1. The van der Waals surface area contributed by atoms with Crippen LogP contribution in [0.2, 0.25) is 0 Å². The lowest BCUT2D eigenvalue weighted by Crippen LogP contribution is -2.07. The highest BCUT2D eigenvalue weighted by Gasteiger charge is 2.16. The van der Waals surface area contributed by atoms with Crippen molar-refractivity contribution in [3.63, 3.8) is 0 Å². The fraction of sp³-hybridized carbons (Fsp3) is 0.204. The van der Waals surface area contributed by atoms with Crippen molar-refractivity contribution in [2.75, 3.05) is 66.3 Å². The maximum absolute atomic E-state index is 11.3. The number of carbonyl (C=O) groups is 11. The number of methoxy groups -OCH3 is 4. The minimum atomic E-state index is -1.44. The van der Waals surface area contributed by atoms with Crippen molar-refractivity contribution in [3.05, 3.63) is 416 Å². The van der Waals surface area contributed by atoms with Gasteiger partial charge in [-0.25, -0.2) is 33.8 Å². The molecule has 12 rings (SSSR count). The molecule has 34 nitrogen and oxygen atoms in total. The van der Waals surface area contributed by atoms with Gasteiger partial charge >= 0.3 is 35.8 Å². The third-order valence-corrected chi connectivity index (χ3v) is 18.7. The number of halogens is 2. The number of aromatic carboxylic acids is 2. The number of nitrogens with zero attached hydrogens (tertiary/aromatic N) is 3. The van der Waals surface area contributed by atoms with E-state index in [1.54, 1.807) is 185 Å². The summed E-state index contributed by atoms with van der Waals surface area (Å²) in [6.07, 6.45) is 7.08. The van der Waals surface area contributed by atoms with E-state index in [1.165, 1.54) is 131 Å². The Hall–Kier alpha value is -15.5. The highest BCUT2D eigenvalue weighted by atomic mass is 35.5. The average Bonchev–Trinajstić information content (AvgIpc) is 0.892. The van der Waals surface area contributed by atoms with E-state index in [1.807, 2.05) is 26.0 Å². The molecule has 0 radical (unpaired) electrons. The van der Waals surface area contributed by atoms with Crippen molar-refractivity contribution in [1.29, 1.82) is 0 Å². The van der Waals surface area contributed by atoms with Gasteiger partial charge in [-0.1, -0.05) is 154 Å². The van der Waals surface area contributed by atoms with E-state index in [4.69, 9.17) is 94.4 Å². The number of nitrogen functional groups attached to an aromatic ring is 2. The second-order valence-corrected chi connectivity index (χ2v) is 29.0. The zero-order chi connectivity index (χ0) is 108. The maximum Gasteiger partial charge on any atom is 0.338 e. The van der Waals surface area contributed by atoms with Crippen molar-refractivity contribution in [2.45, 2.75) is 92.1 Å². The lowest BCUT2D eigenvalue weighted by atomic mass is 10.1. The lowest BCUT2D eigenvalue weighted by Gasteiger charge is -2.13. The molecule has 0 aliphatic rings. The molecule has 0 saturated carbocycles. The molecule has 36 heteroatoms. The Bertz CT molecular complexity index is 5250. The van der Waals surface area contributed by atoms with Crippen molar-refractivity contribution in [3.8, 4) is 0 Å². The first-order valence-corrected chi connectivity index (χ1v) is 44.2. The van der Waals surface area contributed by atoms with Gasteiger partial charge in [0.15, 0.2) is 44.0 Å². The number of carbonyl (C=O) groups excluding carboxylic acids is 9. The number of benzene rings is 10. The lowest BCUT2D eigenvalue weighted by molar-refractivity contribution is -0.100. The van der Waals surface area contributed by atoms with Crippen LogP contribution < -0.4 is 17.2 Å². The highest BCUT2D eigenvalue weighted by molar-refractivity contribution is 6.68. The molecule has 0 amide bonds. The summed E-state index contributed by atoms with van der Waals surface area (Å²) in [6.45, 7) is 23.8. The topological polar surface area (TPSA) is 560 Å². The van der Waals surface area contributed by atoms with E-state index < -0.39 is 83.9 Å². The summed E-state index contributed by atoms with van der Waals surface area (Å²) < 4.78 is 38.2. The van der Waals surface area contributed by atoms with Crippen LogP contribution in [0, 0.1) is 0 Å². The summed E-state index contributed by atoms with van der Waals surface area (Å²) in [5.74, 6) is -3.77. The van der Waals surface area contributed by atoms with Crippen molar-refractivity contribution in [1.82, 2.24) is 15.0 Å². The van der Waals surface area contributed by atoms with Crippen LogP contribution in [0.3, 0.4) is 0 Å². The minimum Gasteiger partial charge on any atom is -0.478 e. The van der Waals surface area contributed by atoms with Gasteiger partial charge in [-0.3, -0.25) is 33.9 Å². The molecule has 0 spiro atoms. The molecule has 5 unspecified atom stereocenters. The van der Waals surface area contributed by atoms with Gasteiger partial charge in [-0.2, -0.15) is 0 Å². The summed E-state index contributed by atoms with van der Waals surface area (Å²) >= 11 is 10.4. The fourth-order valence-electron chi connectivity index (χ4n) is 10.3. The minimum absolute atomic E-state index is 0.0833. The summed E-state index contributed by atoms with van der Waals surface area (Å²) in [7, 11) is 5.44. The molecule has 0 saturated heterocycles. The molecule has 764 valence electrons. The Morgan fingerprint density at radius 3 is 0.910 bits per heavy atom. The summed E-state index contributed by atoms with van der Waals surface area (Å²) in [5.41, 5.74) is 30.7. The smallest absolute Gasteiger partial charge is 0.338 e. The average molecular weight is 2020 g/mol. The number of anilines is 2. The molecule has 0 fully saturated rings. The van der Waals surface area contributed by atoms with E-state index in [2.05, 4.69) is 75.4 Å². The zero-order valence-corrected chi connectivity index (χ0v) is 82.4. The molecule has 12 aromatic rings.